The molecule has 112 valence electrons. The van der Waals surface area contributed by atoms with E-state index in [2.05, 4.69) is 30.9 Å². The smallest absolute Gasteiger partial charge is 0.312 e. The molecule has 3 rings (SSSR count). The second-order valence-electron chi connectivity index (χ2n) is 4.44. The molecule has 0 fully saturated rings. The van der Waals surface area contributed by atoms with Gasteiger partial charge in [-0.15, -0.1) is 0 Å². The number of nitrogens with zero attached hydrogens (tertiary/aromatic N) is 5. The van der Waals surface area contributed by atoms with Crippen LogP contribution in [0.15, 0.2) is 29.0 Å². The van der Waals surface area contributed by atoms with Gasteiger partial charge in [0, 0.05) is 12.1 Å². The maximum Gasteiger partial charge on any atom is 0.312 e. The first kappa shape index (κ1) is 14.3. The van der Waals surface area contributed by atoms with Gasteiger partial charge in [0.1, 0.15) is 0 Å². The summed E-state index contributed by atoms with van der Waals surface area (Å²) in [6, 6.07) is 6.11. The van der Waals surface area contributed by atoms with Gasteiger partial charge in [-0.25, -0.2) is 4.98 Å². The third-order valence-electron chi connectivity index (χ3n) is 3.01. The summed E-state index contributed by atoms with van der Waals surface area (Å²) in [6.45, 7) is 0.217. The molecule has 0 aliphatic rings. The van der Waals surface area contributed by atoms with Crippen LogP contribution >= 0.6 is 15.9 Å². The molecule has 22 heavy (non-hydrogen) atoms. The number of imidazole rings is 1. The van der Waals surface area contributed by atoms with Crippen molar-refractivity contribution in [3.63, 3.8) is 0 Å². The van der Waals surface area contributed by atoms with Crippen molar-refractivity contribution in [1.29, 1.82) is 0 Å². The molecule has 10 heteroatoms. The number of rotatable bonds is 3. The molecule has 0 aliphatic carbocycles. The van der Waals surface area contributed by atoms with Gasteiger partial charge in [0.25, 0.3) is 5.69 Å². The second kappa shape index (κ2) is 5.30. The number of halogens is 2. The van der Waals surface area contributed by atoms with Gasteiger partial charge in [-0.3, -0.25) is 14.7 Å². The van der Waals surface area contributed by atoms with E-state index in [1.807, 2.05) is 0 Å². The lowest BCUT2D eigenvalue weighted by molar-refractivity contribution is -0.384. The van der Waals surface area contributed by atoms with Gasteiger partial charge in [0.2, 0.25) is 0 Å². The van der Waals surface area contributed by atoms with Crippen LogP contribution in [0, 0.1) is 16.2 Å². The van der Waals surface area contributed by atoms with Crippen LogP contribution < -0.4 is 5.73 Å². The maximum absolute atomic E-state index is 13.3. The van der Waals surface area contributed by atoms with Gasteiger partial charge in [0.05, 0.1) is 11.5 Å². The number of benzene rings is 1. The normalized spacial score (nSPS) is 11.0. The molecule has 0 amide bonds. The summed E-state index contributed by atoms with van der Waals surface area (Å²) >= 11 is 3.25. The number of non-ortho nitro benzene ring substituents is 1. The Bertz CT molecular complexity index is 897. The van der Waals surface area contributed by atoms with E-state index in [4.69, 9.17) is 5.73 Å². The Hall–Kier alpha value is -2.62. The van der Waals surface area contributed by atoms with E-state index in [0.717, 1.165) is 0 Å². The van der Waals surface area contributed by atoms with E-state index in [1.54, 1.807) is 16.7 Å². The summed E-state index contributed by atoms with van der Waals surface area (Å²) < 4.78 is 15.3. The first-order valence-corrected chi connectivity index (χ1v) is 6.83. The van der Waals surface area contributed by atoms with Crippen LogP contribution in [-0.2, 0) is 6.54 Å². The van der Waals surface area contributed by atoms with Crippen molar-refractivity contribution in [2.45, 2.75) is 6.54 Å². The summed E-state index contributed by atoms with van der Waals surface area (Å²) in [5.74, 6) is -0.0685. The zero-order valence-electron chi connectivity index (χ0n) is 10.9. The average molecular weight is 367 g/mol. The third kappa shape index (κ3) is 2.48. The van der Waals surface area contributed by atoms with Crippen molar-refractivity contribution in [3.05, 3.63) is 50.8 Å². The first-order chi connectivity index (χ1) is 10.5. The Labute approximate surface area is 131 Å². The number of nitrogens with two attached hydrogens (primary N) is 1. The molecule has 0 aliphatic heterocycles. The highest BCUT2D eigenvalue weighted by molar-refractivity contribution is 9.10. The first-order valence-electron chi connectivity index (χ1n) is 6.04. The van der Waals surface area contributed by atoms with Crippen molar-refractivity contribution in [2.75, 3.05) is 5.73 Å². The topological polar surface area (TPSA) is 113 Å². The van der Waals surface area contributed by atoms with Gasteiger partial charge in [-0.2, -0.15) is 14.4 Å². The summed E-state index contributed by atoms with van der Waals surface area (Å²) in [6.07, 6.45) is -0.960. The number of aromatic nitrogens is 4. The largest absolute Gasteiger partial charge is 0.382 e. The monoisotopic (exact) mass is 366 g/mol. The van der Waals surface area contributed by atoms with Crippen LogP contribution in [0.4, 0.5) is 15.9 Å². The summed E-state index contributed by atoms with van der Waals surface area (Å²) in [4.78, 5) is 21.6. The Balaban J connectivity index is 2.09. The van der Waals surface area contributed by atoms with Crippen LogP contribution in [-0.4, -0.2) is 24.4 Å². The minimum atomic E-state index is -0.960. The fraction of sp³-hybridized carbons (Fsp3) is 0.0833. The fourth-order valence-corrected chi connectivity index (χ4v) is 2.53. The quantitative estimate of drug-likeness (QED) is 0.329. The van der Waals surface area contributed by atoms with E-state index in [0.29, 0.717) is 10.3 Å². The standard InChI is InChI=1S/C12H8BrFN6O2/c13-11-16-8-9(15)17-12(14)18-10(8)19(11)5-6-2-1-3-7(4-6)20(21)22/h1-4H,5H2,(H2,15,17,18). The molecule has 0 saturated heterocycles. The molecule has 0 bridgehead atoms. The molecule has 2 aromatic heterocycles. The third-order valence-corrected chi connectivity index (χ3v) is 3.62. The highest BCUT2D eigenvalue weighted by atomic mass is 79.9. The van der Waals surface area contributed by atoms with E-state index >= 15 is 0 Å². The maximum atomic E-state index is 13.3. The Kier molecular flexibility index (Phi) is 3.45. The molecule has 3 aromatic rings. The Morgan fingerprint density at radius 3 is 2.86 bits per heavy atom. The molecule has 8 nitrogen and oxygen atoms in total. The zero-order chi connectivity index (χ0) is 15.9. The molecule has 2 heterocycles. The van der Waals surface area contributed by atoms with Crippen molar-refractivity contribution in [2.24, 2.45) is 0 Å². The van der Waals surface area contributed by atoms with Gasteiger partial charge in [-0.05, 0) is 21.5 Å². The molecule has 2 N–H and O–H groups in total. The molecular weight excluding hydrogens is 359 g/mol. The minimum Gasteiger partial charge on any atom is -0.382 e. The second-order valence-corrected chi connectivity index (χ2v) is 5.15. The van der Waals surface area contributed by atoms with Gasteiger partial charge in [0.15, 0.2) is 21.7 Å². The molecular formula is C12H8BrFN6O2. The summed E-state index contributed by atoms with van der Waals surface area (Å²) in [5.41, 5.74) is 6.71. The van der Waals surface area contributed by atoms with Crippen molar-refractivity contribution < 1.29 is 9.31 Å². The molecule has 0 unspecified atom stereocenters. The van der Waals surface area contributed by atoms with Crippen molar-refractivity contribution >= 4 is 38.6 Å². The molecule has 0 spiro atoms. The average Bonchev–Trinajstić information content (AvgIpc) is 2.77. The lowest BCUT2D eigenvalue weighted by Crippen LogP contribution is -2.04. The number of nitrogen functional groups attached to an aromatic ring is 1. The summed E-state index contributed by atoms with van der Waals surface area (Å²) in [5, 5.41) is 10.8. The minimum absolute atomic E-state index is 0.0293. The molecule has 0 saturated carbocycles. The predicted octanol–water partition coefficient (Wildman–Crippen LogP) is 2.27. The number of hydrogen-bond acceptors (Lipinski definition) is 6. The lowest BCUT2D eigenvalue weighted by Gasteiger charge is -2.05. The van der Waals surface area contributed by atoms with Crippen LogP contribution in [0.2, 0.25) is 0 Å². The fourth-order valence-electron chi connectivity index (χ4n) is 2.06. The number of nitro groups is 1. The van der Waals surface area contributed by atoms with E-state index in [1.165, 1.54) is 12.1 Å². The highest BCUT2D eigenvalue weighted by Crippen LogP contribution is 2.24. The number of hydrogen-bond donors (Lipinski definition) is 1. The Morgan fingerprint density at radius 2 is 2.14 bits per heavy atom. The SMILES string of the molecule is Nc1nc(F)nc2c1nc(Br)n2Cc1cccc([N+](=O)[O-])c1. The summed E-state index contributed by atoms with van der Waals surface area (Å²) in [7, 11) is 0. The van der Waals surface area contributed by atoms with E-state index in [-0.39, 0.29) is 29.2 Å². The van der Waals surface area contributed by atoms with Crippen molar-refractivity contribution in [1.82, 2.24) is 19.5 Å². The van der Waals surface area contributed by atoms with Gasteiger partial charge in [-0.1, -0.05) is 12.1 Å². The van der Waals surface area contributed by atoms with Gasteiger partial charge < -0.3 is 5.73 Å². The molecule has 0 radical (unpaired) electrons. The van der Waals surface area contributed by atoms with Crippen LogP contribution in [0.5, 0.6) is 0 Å². The molecule has 1 aromatic carbocycles. The lowest BCUT2D eigenvalue weighted by atomic mass is 10.2. The number of anilines is 1. The van der Waals surface area contributed by atoms with E-state index < -0.39 is 11.0 Å². The number of fused-ring (bicyclic) bond motifs is 1. The van der Waals surface area contributed by atoms with Crippen LogP contribution in [0.1, 0.15) is 5.56 Å². The van der Waals surface area contributed by atoms with Gasteiger partial charge >= 0.3 is 6.08 Å². The Morgan fingerprint density at radius 1 is 1.36 bits per heavy atom. The van der Waals surface area contributed by atoms with E-state index in [9.17, 15) is 14.5 Å². The zero-order valence-corrected chi connectivity index (χ0v) is 12.5. The highest BCUT2D eigenvalue weighted by Gasteiger charge is 2.16. The van der Waals surface area contributed by atoms with Crippen LogP contribution in [0.25, 0.3) is 11.2 Å². The number of nitro benzene ring substituents is 1. The van der Waals surface area contributed by atoms with Crippen molar-refractivity contribution in [3.8, 4) is 0 Å². The van der Waals surface area contributed by atoms with Crippen LogP contribution in [0.3, 0.4) is 0 Å². The molecule has 0 atom stereocenters. The predicted molar refractivity (Wildman–Crippen MR) is 79.6 cm³/mol.